The third-order valence-corrected chi connectivity index (χ3v) is 4.74. The molecule has 1 aromatic rings. The van der Waals surface area contributed by atoms with Crippen LogP contribution in [0, 0.1) is 0 Å². The van der Waals surface area contributed by atoms with Gasteiger partial charge < -0.3 is 33.2 Å². The minimum absolute atomic E-state index is 0.162. The van der Waals surface area contributed by atoms with Crippen LogP contribution in [0.4, 0.5) is 0 Å². The first kappa shape index (κ1) is 26.7. The van der Waals surface area contributed by atoms with Crippen LogP contribution in [0.25, 0.3) is 0 Å². The Morgan fingerprint density at radius 1 is 0.750 bits per heavy atom. The Balaban J connectivity index is 1.61. The van der Waals surface area contributed by atoms with Gasteiger partial charge >= 0.3 is 5.97 Å². The summed E-state index contributed by atoms with van der Waals surface area (Å²) in [5.41, 5.74) is 1.29. The molecule has 0 aromatic heterocycles. The molecule has 1 fully saturated rings. The molecule has 8 nitrogen and oxygen atoms in total. The van der Waals surface area contributed by atoms with Gasteiger partial charge in [0.05, 0.1) is 72.7 Å². The number of hydrogen-bond donors (Lipinski definition) is 0. The monoisotopic (exact) mass is 454 g/mol. The maximum atomic E-state index is 12.1. The Morgan fingerprint density at radius 3 is 1.94 bits per heavy atom. The number of unbranched alkanes of at least 4 members (excludes halogenated alkanes) is 1. The molecule has 1 saturated heterocycles. The highest BCUT2D eigenvalue weighted by atomic mass is 16.6. The summed E-state index contributed by atoms with van der Waals surface area (Å²) in [5, 5.41) is 0. The Bertz CT molecular complexity index is 550. The number of rotatable bonds is 7. The molecule has 1 unspecified atom stereocenters. The Morgan fingerprint density at radius 2 is 1.31 bits per heavy atom. The summed E-state index contributed by atoms with van der Waals surface area (Å²) in [6, 6.07) is 10.3. The Hall–Kier alpha value is -1.55. The fourth-order valence-electron chi connectivity index (χ4n) is 3.01. The van der Waals surface area contributed by atoms with Crippen LogP contribution < -0.4 is 0 Å². The molecular formula is C24H38O8. The van der Waals surface area contributed by atoms with Crippen molar-refractivity contribution in [2.45, 2.75) is 31.8 Å². The summed E-state index contributed by atoms with van der Waals surface area (Å²) in [5.74, 6) is -0.210. The molecule has 1 atom stereocenters. The minimum Gasteiger partial charge on any atom is -0.463 e. The smallest absolute Gasteiger partial charge is 0.305 e. The van der Waals surface area contributed by atoms with Gasteiger partial charge in [-0.1, -0.05) is 30.3 Å². The summed E-state index contributed by atoms with van der Waals surface area (Å²) in [6.45, 7) is 5.32. The van der Waals surface area contributed by atoms with Gasteiger partial charge in [0, 0.05) is 6.42 Å². The van der Waals surface area contributed by atoms with E-state index in [0.29, 0.717) is 79.1 Å². The fraction of sp³-hybridized carbons (Fsp3) is 0.708. The Kier molecular flexibility index (Phi) is 15.8. The first-order valence-corrected chi connectivity index (χ1v) is 11.5. The van der Waals surface area contributed by atoms with Gasteiger partial charge in [-0.2, -0.15) is 0 Å². The largest absolute Gasteiger partial charge is 0.463 e. The van der Waals surface area contributed by atoms with Crippen LogP contribution in [0.3, 0.4) is 0 Å². The summed E-state index contributed by atoms with van der Waals surface area (Å²) < 4.78 is 38.6. The maximum Gasteiger partial charge on any atom is 0.305 e. The van der Waals surface area contributed by atoms with Crippen LogP contribution in [0.5, 0.6) is 0 Å². The molecule has 182 valence electrons. The lowest BCUT2D eigenvalue weighted by Crippen LogP contribution is -2.29. The highest BCUT2D eigenvalue weighted by molar-refractivity contribution is 5.69. The summed E-state index contributed by atoms with van der Waals surface area (Å²) in [7, 11) is 0. The predicted octanol–water partition coefficient (Wildman–Crippen LogP) is 2.42. The summed E-state index contributed by atoms with van der Waals surface area (Å²) >= 11 is 0. The van der Waals surface area contributed by atoms with Gasteiger partial charge in [-0.05, 0) is 24.8 Å². The average Bonchev–Trinajstić information content (AvgIpc) is 2.81. The number of aryl methyl sites for hydroxylation is 1. The number of carbonyl (C=O) groups excluding carboxylic acids is 1. The van der Waals surface area contributed by atoms with Gasteiger partial charge in [0.2, 0.25) is 0 Å². The lowest BCUT2D eigenvalue weighted by Gasteiger charge is -2.18. The van der Waals surface area contributed by atoms with E-state index in [4.69, 9.17) is 33.2 Å². The second kappa shape index (κ2) is 19.0. The van der Waals surface area contributed by atoms with E-state index in [1.54, 1.807) is 0 Å². The van der Waals surface area contributed by atoms with E-state index in [9.17, 15) is 4.79 Å². The topological polar surface area (TPSA) is 81.7 Å². The third kappa shape index (κ3) is 14.5. The van der Waals surface area contributed by atoms with E-state index >= 15 is 0 Å². The average molecular weight is 455 g/mol. The Labute approximate surface area is 191 Å². The fourth-order valence-corrected chi connectivity index (χ4v) is 3.01. The lowest BCUT2D eigenvalue weighted by atomic mass is 10.1. The number of hydrogen-bond acceptors (Lipinski definition) is 8. The second-order valence-electron chi connectivity index (χ2n) is 7.39. The van der Waals surface area contributed by atoms with Crippen LogP contribution in [0.1, 0.15) is 24.8 Å². The van der Waals surface area contributed by atoms with Gasteiger partial charge in [0.25, 0.3) is 0 Å². The standard InChI is InChI=1S/C24H38O8/c25-24(9-5-4-8-22-6-2-1-3-7-22)32-21-23-20-30-17-16-28-13-12-26-10-11-27-14-15-29-18-19-31-23/h1-3,6-7,23H,4-5,8-21H2. The number of esters is 1. The molecule has 1 heterocycles. The van der Waals surface area contributed by atoms with Crippen molar-refractivity contribution in [1.29, 1.82) is 0 Å². The van der Waals surface area contributed by atoms with Crippen LogP contribution in [0.15, 0.2) is 30.3 Å². The molecule has 0 amide bonds. The van der Waals surface area contributed by atoms with Gasteiger partial charge in [-0.3, -0.25) is 4.79 Å². The molecule has 1 aromatic carbocycles. The van der Waals surface area contributed by atoms with Crippen molar-refractivity contribution in [1.82, 2.24) is 0 Å². The zero-order chi connectivity index (χ0) is 22.5. The van der Waals surface area contributed by atoms with Gasteiger partial charge in [-0.15, -0.1) is 0 Å². The van der Waals surface area contributed by atoms with Crippen molar-refractivity contribution in [3.05, 3.63) is 35.9 Å². The van der Waals surface area contributed by atoms with E-state index in [0.717, 1.165) is 19.3 Å². The number of carbonyl (C=O) groups is 1. The molecule has 32 heavy (non-hydrogen) atoms. The van der Waals surface area contributed by atoms with Crippen molar-refractivity contribution in [2.75, 3.05) is 79.3 Å². The van der Waals surface area contributed by atoms with Crippen molar-refractivity contribution in [3.8, 4) is 0 Å². The quantitative estimate of drug-likeness (QED) is 0.459. The van der Waals surface area contributed by atoms with E-state index in [-0.39, 0.29) is 18.7 Å². The SMILES string of the molecule is O=C(CCCCc1ccccc1)OCC1COCCOCCOCCOCCOCCO1. The normalized spacial score (nSPS) is 20.7. The number of benzene rings is 1. The molecule has 0 saturated carbocycles. The predicted molar refractivity (Wildman–Crippen MR) is 119 cm³/mol. The van der Waals surface area contributed by atoms with Crippen molar-refractivity contribution in [2.24, 2.45) is 0 Å². The zero-order valence-corrected chi connectivity index (χ0v) is 19.0. The highest BCUT2D eigenvalue weighted by Crippen LogP contribution is 2.07. The highest BCUT2D eigenvalue weighted by Gasteiger charge is 2.13. The third-order valence-electron chi connectivity index (χ3n) is 4.74. The summed E-state index contributed by atoms with van der Waals surface area (Å²) in [6.07, 6.45) is 2.78. The molecular weight excluding hydrogens is 416 g/mol. The van der Waals surface area contributed by atoms with E-state index in [1.807, 2.05) is 18.2 Å². The zero-order valence-electron chi connectivity index (χ0n) is 19.0. The molecule has 0 spiro atoms. The van der Waals surface area contributed by atoms with Crippen molar-refractivity contribution < 1.29 is 38.0 Å². The first-order chi connectivity index (χ1) is 15.8. The minimum atomic E-state index is -0.342. The lowest BCUT2D eigenvalue weighted by molar-refractivity contribution is -0.150. The van der Waals surface area contributed by atoms with Crippen molar-refractivity contribution in [3.63, 3.8) is 0 Å². The van der Waals surface area contributed by atoms with Gasteiger partial charge in [-0.25, -0.2) is 0 Å². The molecule has 1 aliphatic rings. The second-order valence-corrected chi connectivity index (χ2v) is 7.39. The van der Waals surface area contributed by atoms with Crippen LogP contribution in [-0.2, 0) is 44.4 Å². The molecule has 0 aliphatic carbocycles. The molecule has 0 bridgehead atoms. The molecule has 0 N–H and O–H groups in total. The van der Waals surface area contributed by atoms with Crippen molar-refractivity contribution >= 4 is 5.97 Å². The van der Waals surface area contributed by atoms with E-state index < -0.39 is 0 Å². The molecule has 8 heteroatoms. The van der Waals surface area contributed by atoms with Crippen LogP contribution in [-0.4, -0.2) is 91.4 Å². The maximum absolute atomic E-state index is 12.1. The number of ether oxygens (including phenoxy) is 7. The van der Waals surface area contributed by atoms with Crippen LogP contribution in [0.2, 0.25) is 0 Å². The first-order valence-electron chi connectivity index (χ1n) is 11.5. The summed E-state index contributed by atoms with van der Waals surface area (Å²) in [4.78, 5) is 12.1. The molecule has 1 aliphatic heterocycles. The van der Waals surface area contributed by atoms with Gasteiger partial charge in [0.15, 0.2) is 0 Å². The van der Waals surface area contributed by atoms with Crippen LogP contribution >= 0.6 is 0 Å². The van der Waals surface area contributed by atoms with Gasteiger partial charge in [0.1, 0.15) is 12.7 Å². The van der Waals surface area contributed by atoms with E-state index in [1.165, 1.54) is 5.56 Å². The van der Waals surface area contributed by atoms with E-state index in [2.05, 4.69) is 12.1 Å². The molecule has 0 radical (unpaired) electrons. The molecule has 2 rings (SSSR count).